The normalized spacial score (nSPS) is 9.30. The summed E-state index contributed by atoms with van der Waals surface area (Å²) >= 11 is 0. The van der Waals surface area contributed by atoms with Crippen molar-refractivity contribution in [1.82, 2.24) is 0 Å². The molecule has 0 atom stereocenters. The van der Waals surface area contributed by atoms with E-state index in [-0.39, 0.29) is 12.1 Å². The fourth-order valence-corrected chi connectivity index (χ4v) is 1.75. The molecule has 0 heterocycles. The van der Waals surface area contributed by atoms with E-state index in [1.807, 2.05) is 43.3 Å². The smallest absolute Gasteiger partial charge is 0.368 e. The molecule has 0 bridgehead atoms. The van der Waals surface area contributed by atoms with Crippen LogP contribution in [-0.4, -0.2) is 17.4 Å². The third-order valence-electron chi connectivity index (χ3n) is 2.63. The standard InChI is InChI=1S/C14H13F.C2H2O3/c1-2-11-10-13(15)8-9-14(11)12-6-4-3-5-7-12;3-1-2(4)5/h3-10H,2H2,1H3;1H,(H,4,5). The fourth-order valence-electron chi connectivity index (χ4n) is 1.75. The molecule has 0 fully saturated rings. The minimum Gasteiger partial charge on any atom is -0.476 e. The second-order valence-corrected chi connectivity index (χ2v) is 3.98. The van der Waals surface area contributed by atoms with E-state index < -0.39 is 5.97 Å². The zero-order chi connectivity index (χ0) is 15.0. The number of carboxylic acids is 1. The molecule has 1 N–H and O–H groups in total. The average Bonchev–Trinajstić information content (AvgIpc) is 2.48. The second kappa shape index (κ2) is 7.84. The van der Waals surface area contributed by atoms with Gasteiger partial charge in [0.15, 0.2) is 0 Å². The molecule has 0 radical (unpaired) electrons. The Bertz CT molecular complexity index is 580. The molecule has 20 heavy (non-hydrogen) atoms. The van der Waals surface area contributed by atoms with Crippen LogP contribution in [0.2, 0.25) is 0 Å². The molecule has 104 valence electrons. The molecule has 0 aromatic heterocycles. The van der Waals surface area contributed by atoms with Crippen LogP contribution in [0, 0.1) is 5.82 Å². The van der Waals surface area contributed by atoms with Crippen LogP contribution < -0.4 is 0 Å². The average molecular weight is 274 g/mol. The Morgan fingerprint density at radius 2 is 1.80 bits per heavy atom. The van der Waals surface area contributed by atoms with E-state index in [9.17, 15) is 4.39 Å². The lowest BCUT2D eigenvalue weighted by molar-refractivity contribution is -0.143. The van der Waals surface area contributed by atoms with Gasteiger partial charge in [-0.25, -0.2) is 9.18 Å². The van der Waals surface area contributed by atoms with Gasteiger partial charge in [-0.3, -0.25) is 4.79 Å². The van der Waals surface area contributed by atoms with Gasteiger partial charge in [-0.15, -0.1) is 0 Å². The summed E-state index contributed by atoms with van der Waals surface area (Å²) in [7, 11) is 0. The van der Waals surface area contributed by atoms with E-state index in [1.54, 1.807) is 6.07 Å². The largest absolute Gasteiger partial charge is 0.476 e. The number of rotatable bonds is 3. The molecule has 0 spiro atoms. The van der Waals surface area contributed by atoms with Gasteiger partial charge in [0.25, 0.3) is 0 Å². The first-order chi connectivity index (χ1) is 9.58. The highest BCUT2D eigenvalue weighted by atomic mass is 19.1. The van der Waals surface area contributed by atoms with Crippen LogP contribution in [0.4, 0.5) is 4.39 Å². The topological polar surface area (TPSA) is 54.4 Å². The predicted octanol–water partition coefficient (Wildman–Crippen LogP) is 3.33. The Morgan fingerprint density at radius 1 is 1.20 bits per heavy atom. The summed E-state index contributed by atoms with van der Waals surface area (Å²) in [5.41, 5.74) is 3.33. The van der Waals surface area contributed by atoms with Gasteiger partial charge >= 0.3 is 5.97 Å². The fraction of sp³-hybridized carbons (Fsp3) is 0.125. The number of halogens is 1. The SMILES string of the molecule is CCc1cc(F)ccc1-c1ccccc1.O=CC(=O)O. The molecular weight excluding hydrogens is 259 g/mol. The number of hydrogen-bond acceptors (Lipinski definition) is 2. The Hall–Kier alpha value is -2.49. The number of carbonyl (C=O) groups excluding carboxylic acids is 1. The van der Waals surface area contributed by atoms with Gasteiger partial charge in [0.05, 0.1) is 0 Å². The van der Waals surface area contributed by atoms with Gasteiger partial charge < -0.3 is 5.11 Å². The van der Waals surface area contributed by atoms with Crippen LogP contribution in [0.3, 0.4) is 0 Å². The van der Waals surface area contributed by atoms with Gasteiger partial charge in [0.1, 0.15) is 5.82 Å². The van der Waals surface area contributed by atoms with E-state index in [0.717, 1.165) is 23.1 Å². The van der Waals surface area contributed by atoms with E-state index in [0.29, 0.717) is 0 Å². The van der Waals surface area contributed by atoms with Crippen molar-refractivity contribution >= 4 is 12.3 Å². The molecule has 2 aromatic rings. The van der Waals surface area contributed by atoms with Gasteiger partial charge in [-0.1, -0.05) is 43.3 Å². The lowest BCUT2D eigenvalue weighted by Crippen LogP contribution is -1.91. The van der Waals surface area contributed by atoms with Crippen molar-refractivity contribution in [1.29, 1.82) is 0 Å². The van der Waals surface area contributed by atoms with Crippen LogP contribution >= 0.6 is 0 Å². The summed E-state index contributed by atoms with van der Waals surface area (Å²) in [6.07, 6.45) is 0.683. The number of aldehydes is 1. The second-order valence-electron chi connectivity index (χ2n) is 3.98. The molecule has 2 aromatic carbocycles. The van der Waals surface area contributed by atoms with Crippen molar-refractivity contribution < 1.29 is 19.1 Å². The van der Waals surface area contributed by atoms with Crippen molar-refractivity contribution in [2.24, 2.45) is 0 Å². The summed E-state index contributed by atoms with van der Waals surface area (Å²) in [6, 6.07) is 15.1. The Morgan fingerprint density at radius 3 is 2.30 bits per heavy atom. The van der Waals surface area contributed by atoms with E-state index >= 15 is 0 Å². The lowest BCUT2D eigenvalue weighted by atomic mass is 9.98. The number of aryl methyl sites for hydroxylation is 1. The predicted molar refractivity (Wildman–Crippen MR) is 74.9 cm³/mol. The lowest BCUT2D eigenvalue weighted by Gasteiger charge is -2.07. The summed E-state index contributed by atoms with van der Waals surface area (Å²) in [5.74, 6) is -1.59. The third-order valence-corrected chi connectivity index (χ3v) is 2.63. The maximum atomic E-state index is 13.0. The Kier molecular flexibility index (Phi) is 6.10. The molecular formula is C16H15FO3. The number of aliphatic carboxylic acids is 1. The molecule has 4 heteroatoms. The molecule has 0 amide bonds. The molecule has 0 unspecified atom stereocenters. The molecule has 0 saturated carbocycles. The maximum Gasteiger partial charge on any atom is 0.368 e. The van der Waals surface area contributed by atoms with Crippen LogP contribution in [0.25, 0.3) is 11.1 Å². The van der Waals surface area contributed by atoms with E-state index in [2.05, 4.69) is 0 Å². The maximum absolute atomic E-state index is 13.0. The number of carbonyl (C=O) groups is 2. The molecule has 0 aliphatic heterocycles. The van der Waals surface area contributed by atoms with Crippen LogP contribution in [0.1, 0.15) is 12.5 Å². The van der Waals surface area contributed by atoms with Crippen molar-refractivity contribution in [2.75, 3.05) is 0 Å². The summed E-state index contributed by atoms with van der Waals surface area (Å²) < 4.78 is 13.0. The highest BCUT2D eigenvalue weighted by Gasteiger charge is 2.03. The number of carboxylic acid groups (broad SMARTS) is 1. The van der Waals surface area contributed by atoms with Crippen LogP contribution in [0.5, 0.6) is 0 Å². The van der Waals surface area contributed by atoms with Crippen molar-refractivity contribution in [3.63, 3.8) is 0 Å². The third kappa shape index (κ3) is 4.65. The van der Waals surface area contributed by atoms with Gasteiger partial charge in [-0.05, 0) is 35.2 Å². The molecule has 3 nitrogen and oxygen atoms in total. The molecule has 0 aliphatic carbocycles. The first kappa shape index (κ1) is 15.6. The minimum absolute atomic E-state index is 0.161. The highest BCUT2D eigenvalue weighted by molar-refractivity contribution is 6.19. The minimum atomic E-state index is -1.43. The highest BCUT2D eigenvalue weighted by Crippen LogP contribution is 2.24. The molecule has 2 rings (SSSR count). The van der Waals surface area contributed by atoms with Gasteiger partial charge in [-0.2, -0.15) is 0 Å². The Balaban J connectivity index is 0.000000347. The van der Waals surface area contributed by atoms with Gasteiger partial charge in [0, 0.05) is 0 Å². The van der Waals surface area contributed by atoms with E-state index in [4.69, 9.17) is 14.7 Å². The Labute approximate surface area is 116 Å². The first-order valence-corrected chi connectivity index (χ1v) is 6.10. The molecule has 0 saturated heterocycles. The van der Waals surface area contributed by atoms with Crippen molar-refractivity contribution in [2.45, 2.75) is 13.3 Å². The van der Waals surface area contributed by atoms with Gasteiger partial charge in [0.2, 0.25) is 6.29 Å². The zero-order valence-electron chi connectivity index (χ0n) is 11.0. The molecule has 0 aliphatic rings. The van der Waals surface area contributed by atoms with Crippen molar-refractivity contribution in [3.05, 3.63) is 59.9 Å². The number of hydrogen-bond donors (Lipinski definition) is 1. The summed E-state index contributed by atoms with van der Waals surface area (Å²) in [6.45, 7) is 2.04. The van der Waals surface area contributed by atoms with Crippen LogP contribution in [-0.2, 0) is 16.0 Å². The van der Waals surface area contributed by atoms with Crippen molar-refractivity contribution in [3.8, 4) is 11.1 Å². The van der Waals surface area contributed by atoms with Crippen LogP contribution in [0.15, 0.2) is 48.5 Å². The zero-order valence-corrected chi connectivity index (χ0v) is 11.0. The first-order valence-electron chi connectivity index (χ1n) is 6.10. The summed E-state index contributed by atoms with van der Waals surface area (Å²) in [4.78, 5) is 17.9. The number of benzene rings is 2. The monoisotopic (exact) mass is 274 g/mol. The quantitative estimate of drug-likeness (QED) is 0.690. The summed E-state index contributed by atoms with van der Waals surface area (Å²) in [5, 5.41) is 7.35. The van der Waals surface area contributed by atoms with E-state index in [1.165, 1.54) is 6.07 Å².